The molecular formula is C22H45N5. The summed E-state index contributed by atoms with van der Waals surface area (Å²) in [5, 5.41) is 5.77. The molecule has 2 heterocycles. The maximum Gasteiger partial charge on any atom is 0.0257 e. The maximum absolute atomic E-state index is 5.90. The molecule has 3 aliphatic rings. The molecular weight excluding hydrogens is 334 g/mol. The molecule has 0 spiro atoms. The molecule has 1 atom stereocenters. The van der Waals surface area contributed by atoms with Crippen LogP contribution in [0.1, 0.15) is 65.2 Å². The number of piperazine rings is 1. The number of hydrogen-bond acceptors (Lipinski definition) is 5. The fourth-order valence-corrected chi connectivity index (χ4v) is 5.35. The second kappa shape index (κ2) is 10.5. The number of nitrogens with two attached hydrogens (primary N) is 1. The van der Waals surface area contributed by atoms with Crippen molar-refractivity contribution in [2.45, 2.75) is 71.3 Å². The fourth-order valence-electron chi connectivity index (χ4n) is 5.35. The Morgan fingerprint density at radius 1 is 1.04 bits per heavy atom. The first kappa shape index (κ1) is 21.5. The Hall–Kier alpha value is -0.200. The molecule has 1 saturated carbocycles. The molecule has 0 bridgehead atoms. The smallest absolute Gasteiger partial charge is 0.0257 e. The quantitative estimate of drug-likeness (QED) is 0.451. The zero-order chi connectivity index (χ0) is 19.1. The van der Waals surface area contributed by atoms with Crippen molar-refractivity contribution in [1.29, 1.82) is 0 Å². The van der Waals surface area contributed by atoms with Gasteiger partial charge in [0, 0.05) is 45.3 Å². The Bertz CT molecular complexity index is 403. The Morgan fingerprint density at radius 3 is 2.30 bits per heavy atom. The van der Waals surface area contributed by atoms with E-state index in [9.17, 15) is 0 Å². The number of hydrazine groups is 1. The van der Waals surface area contributed by atoms with Crippen LogP contribution in [0.25, 0.3) is 0 Å². The third-order valence-corrected chi connectivity index (χ3v) is 7.91. The van der Waals surface area contributed by atoms with Gasteiger partial charge in [-0.3, -0.25) is 10.7 Å². The molecule has 27 heavy (non-hydrogen) atoms. The van der Waals surface area contributed by atoms with Gasteiger partial charge in [-0.05, 0) is 69.5 Å². The molecule has 0 radical (unpaired) electrons. The normalized spacial score (nSPS) is 26.8. The van der Waals surface area contributed by atoms with Gasteiger partial charge in [-0.2, -0.15) is 0 Å². The van der Waals surface area contributed by atoms with Crippen LogP contribution in [0.15, 0.2) is 0 Å². The van der Waals surface area contributed by atoms with Gasteiger partial charge in [0.05, 0.1) is 0 Å². The minimum Gasteiger partial charge on any atom is -0.316 e. The third-order valence-electron chi connectivity index (χ3n) is 7.91. The maximum atomic E-state index is 5.90. The van der Waals surface area contributed by atoms with E-state index in [0.717, 1.165) is 38.1 Å². The van der Waals surface area contributed by atoms with E-state index in [4.69, 9.17) is 5.84 Å². The standard InChI is InChI=1S/C22H45N5/c1-3-20(6-11-24-19-22(4-2)9-5-10-22)18-25-12-7-21(8-13-25)26-14-16-27(23)17-15-26/h20-21,24H,3-19,23H2,1-2H3. The molecule has 3 rings (SSSR count). The van der Waals surface area contributed by atoms with E-state index in [1.165, 1.54) is 84.1 Å². The number of piperidine rings is 1. The lowest BCUT2D eigenvalue weighted by Crippen LogP contribution is -2.55. The van der Waals surface area contributed by atoms with Crippen molar-refractivity contribution in [1.82, 2.24) is 20.1 Å². The van der Waals surface area contributed by atoms with E-state index < -0.39 is 0 Å². The number of rotatable bonds is 10. The van der Waals surface area contributed by atoms with Crippen molar-refractivity contribution in [2.75, 3.05) is 58.9 Å². The monoisotopic (exact) mass is 379 g/mol. The van der Waals surface area contributed by atoms with Crippen molar-refractivity contribution < 1.29 is 0 Å². The number of nitrogens with one attached hydrogen (secondary N) is 1. The summed E-state index contributed by atoms with van der Waals surface area (Å²) in [5.41, 5.74) is 0.652. The lowest BCUT2D eigenvalue weighted by molar-refractivity contribution is 0.0548. The minimum atomic E-state index is 0.652. The van der Waals surface area contributed by atoms with Crippen molar-refractivity contribution in [2.24, 2.45) is 17.2 Å². The molecule has 5 nitrogen and oxygen atoms in total. The van der Waals surface area contributed by atoms with E-state index in [1.54, 1.807) is 0 Å². The average Bonchev–Trinajstić information content (AvgIpc) is 2.67. The van der Waals surface area contributed by atoms with Crippen molar-refractivity contribution in [3.05, 3.63) is 0 Å². The van der Waals surface area contributed by atoms with Gasteiger partial charge in [0.2, 0.25) is 0 Å². The molecule has 0 aromatic carbocycles. The van der Waals surface area contributed by atoms with Crippen LogP contribution < -0.4 is 11.2 Å². The van der Waals surface area contributed by atoms with Crippen LogP contribution in [0.2, 0.25) is 0 Å². The van der Waals surface area contributed by atoms with Gasteiger partial charge >= 0.3 is 0 Å². The van der Waals surface area contributed by atoms with Crippen LogP contribution in [0.4, 0.5) is 0 Å². The molecule has 1 unspecified atom stereocenters. The molecule has 2 aliphatic heterocycles. The molecule has 1 aliphatic carbocycles. The summed E-state index contributed by atoms with van der Waals surface area (Å²) in [7, 11) is 0. The molecule has 0 aromatic heterocycles. The van der Waals surface area contributed by atoms with Gasteiger partial charge in [0.15, 0.2) is 0 Å². The summed E-state index contributed by atoms with van der Waals surface area (Å²) in [4.78, 5) is 5.43. The highest BCUT2D eigenvalue weighted by molar-refractivity contribution is 4.88. The van der Waals surface area contributed by atoms with Crippen molar-refractivity contribution >= 4 is 0 Å². The molecule has 0 amide bonds. The highest BCUT2D eigenvalue weighted by Gasteiger charge is 2.34. The molecule has 158 valence electrons. The molecule has 2 saturated heterocycles. The lowest BCUT2D eigenvalue weighted by Gasteiger charge is -2.42. The van der Waals surface area contributed by atoms with Crippen LogP contribution in [0.5, 0.6) is 0 Å². The summed E-state index contributed by atoms with van der Waals surface area (Å²) < 4.78 is 0. The number of hydrogen-bond donors (Lipinski definition) is 2. The van der Waals surface area contributed by atoms with Crippen LogP contribution in [0.3, 0.4) is 0 Å². The summed E-state index contributed by atoms with van der Waals surface area (Å²) in [6.07, 6.45) is 11.0. The van der Waals surface area contributed by atoms with Gasteiger partial charge in [0.1, 0.15) is 0 Å². The fraction of sp³-hybridized carbons (Fsp3) is 1.00. The molecule has 0 aromatic rings. The molecule has 3 N–H and O–H groups in total. The van der Waals surface area contributed by atoms with E-state index >= 15 is 0 Å². The van der Waals surface area contributed by atoms with E-state index in [-0.39, 0.29) is 0 Å². The average molecular weight is 380 g/mol. The topological polar surface area (TPSA) is 47.8 Å². The summed E-state index contributed by atoms with van der Waals surface area (Å²) in [6, 6.07) is 0.796. The predicted molar refractivity (Wildman–Crippen MR) is 115 cm³/mol. The van der Waals surface area contributed by atoms with Gasteiger partial charge in [-0.15, -0.1) is 0 Å². The third kappa shape index (κ3) is 6.14. The first-order valence-electron chi connectivity index (χ1n) is 11.8. The highest BCUT2D eigenvalue weighted by Crippen LogP contribution is 2.43. The van der Waals surface area contributed by atoms with Crippen LogP contribution >= 0.6 is 0 Å². The first-order chi connectivity index (χ1) is 13.1. The predicted octanol–water partition coefficient (Wildman–Crippen LogP) is 2.53. The van der Waals surface area contributed by atoms with Gasteiger partial charge in [0.25, 0.3) is 0 Å². The second-order valence-corrected chi connectivity index (χ2v) is 9.55. The van der Waals surface area contributed by atoms with E-state index in [1.807, 2.05) is 5.01 Å². The Balaban J connectivity index is 1.30. The minimum absolute atomic E-state index is 0.652. The Labute approximate surface area is 168 Å². The van der Waals surface area contributed by atoms with Gasteiger partial charge < -0.3 is 10.2 Å². The summed E-state index contributed by atoms with van der Waals surface area (Å²) in [5.74, 6) is 6.76. The number of nitrogens with zero attached hydrogens (tertiary/aromatic N) is 3. The van der Waals surface area contributed by atoms with Crippen LogP contribution in [-0.2, 0) is 0 Å². The van der Waals surface area contributed by atoms with Crippen LogP contribution in [-0.4, -0.2) is 79.8 Å². The van der Waals surface area contributed by atoms with Crippen molar-refractivity contribution in [3.8, 4) is 0 Å². The zero-order valence-corrected chi connectivity index (χ0v) is 18.1. The first-order valence-corrected chi connectivity index (χ1v) is 11.8. The molecule has 5 heteroatoms. The van der Waals surface area contributed by atoms with E-state index in [2.05, 4.69) is 29.0 Å². The largest absolute Gasteiger partial charge is 0.316 e. The van der Waals surface area contributed by atoms with Crippen LogP contribution in [0, 0.1) is 11.3 Å². The second-order valence-electron chi connectivity index (χ2n) is 9.55. The molecule has 3 fully saturated rings. The lowest BCUT2D eigenvalue weighted by atomic mass is 9.67. The van der Waals surface area contributed by atoms with E-state index in [0.29, 0.717) is 5.41 Å². The Morgan fingerprint density at radius 2 is 1.74 bits per heavy atom. The summed E-state index contributed by atoms with van der Waals surface area (Å²) in [6.45, 7) is 15.5. The van der Waals surface area contributed by atoms with Gasteiger partial charge in [-0.1, -0.05) is 26.7 Å². The number of likely N-dealkylation sites (tertiary alicyclic amines) is 1. The SMILES string of the molecule is CCC(CCNCC1(CC)CCC1)CN1CCC(N2CCN(N)CC2)CC1. The van der Waals surface area contributed by atoms with Crippen molar-refractivity contribution in [3.63, 3.8) is 0 Å². The highest BCUT2D eigenvalue weighted by atomic mass is 15.4. The van der Waals surface area contributed by atoms with Gasteiger partial charge in [-0.25, -0.2) is 5.01 Å². The zero-order valence-electron chi connectivity index (χ0n) is 18.1. The summed E-state index contributed by atoms with van der Waals surface area (Å²) >= 11 is 0. The Kier molecular flexibility index (Phi) is 8.40.